The normalized spacial score (nSPS) is 19.7. The molecule has 202 valence electrons. The fourth-order valence-corrected chi connectivity index (χ4v) is 6.11. The van der Waals surface area contributed by atoms with E-state index >= 15 is 0 Å². The number of fused-ring (bicyclic) bond motifs is 1. The summed E-state index contributed by atoms with van der Waals surface area (Å²) in [5.74, 6) is 0.470. The van der Waals surface area contributed by atoms with Crippen molar-refractivity contribution in [3.05, 3.63) is 40.8 Å². The van der Waals surface area contributed by atoms with Crippen LogP contribution in [0.5, 0.6) is 5.75 Å². The Bertz CT molecular complexity index is 1320. The lowest BCUT2D eigenvalue weighted by atomic mass is 9.95. The number of aliphatic hydroxyl groups is 1. The Kier molecular flexibility index (Phi) is 8.04. The second kappa shape index (κ2) is 11.6. The van der Waals surface area contributed by atoms with Gasteiger partial charge in [0, 0.05) is 32.1 Å². The van der Waals surface area contributed by atoms with Crippen molar-refractivity contribution in [3.63, 3.8) is 0 Å². The van der Waals surface area contributed by atoms with E-state index in [9.17, 15) is 19.1 Å². The summed E-state index contributed by atoms with van der Waals surface area (Å²) in [4.78, 5) is 36.6. The number of likely N-dealkylation sites (tertiary alicyclic amines) is 1. The van der Waals surface area contributed by atoms with Crippen LogP contribution >= 0.6 is 11.3 Å². The SMILES string of the molecule is Cc1c(C(=O)NCCCN2CCCC2=O)sc2ncnc(Nc3ccc(F)cc3OC3CCC(O)CC3)c12. The van der Waals surface area contributed by atoms with Crippen molar-refractivity contribution in [1.29, 1.82) is 0 Å². The van der Waals surface area contributed by atoms with E-state index in [2.05, 4.69) is 20.6 Å². The van der Waals surface area contributed by atoms with Gasteiger partial charge in [-0.2, -0.15) is 0 Å². The van der Waals surface area contributed by atoms with E-state index in [1.807, 2.05) is 11.8 Å². The van der Waals surface area contributed by atoms with Crippen LogP contribution in [0.25, 0.3) is 10.2 Å². The molecule has 2 aromatic heterocycles. The predicted octanol–water partition coefficient (Wildman–Crippen LogP) is 4.31. The number of thiophene rings is 1. The second-order valence-electron chi connectivity index (χ2n) is 9.87. The predicted molar refractivity (Wildman–Crippen MR) is 143 cm³/mol. The number of benzene rings is 1. The molecule has 9 nitrogen and oxygen atoms in total. The van der Waals surface area contributed by atoms with Crippen molar-refractivity contribution < 1.29 is 23.8 Å². The van der Waals surface area contributed by atoms with Crippen LogP contribution in [0.3, 0.4) is 0 Å². The lowest BCUT2D eigenvalue weighted by Crippen LogP contribution is -2.30. The lowest BCUT2D eigenvalue weighted by molar-refractivity contribution is -0.127. The van der Waals surface area contributed by atoms with Crippen molar-refractivity contribution in [2.24, 2.45) is 0 Å². The average molecular weight is 542 g/mol. The third-order valence-corrected chi connectivity index (χ3v) is 8.33. The number of hydrogen-bond donors (Lipinski definition) is 3. The number of anilines is 2. The first-order chi connectivity index (χ1) is 18.4. The maximum atomic E-state index is 14.1. The average Bonchev–Trinajstić information content (AvgIpc) is 3.47. The molecular weight excluding hydrogens is 509 g/mol. The van der Waals surface area contributed by atoms with Gasteiger partial charge in [0.1, 0.15) is 28.5 Å². The van der Waals surface area contributed by atoms with Crippen LogP contribution in [0.2, 0.25) is 0 Å². The molecule has 5 rings (SSSR count). The number of ether oxygens (including phenoxy) is 1. The molecule has 11 heteroatoms. The molecule has 3 N–H and O–H groups in total. The Hall–Kier alpha value is -3.31. The highest BCUT2D eigenvalue weighted by Crippen LogP contribution is 2.37. The molecule has 0 spiro atoms. The van der Waals surface area contributed by atoms with Gasteiger partial charge >= 0.3 is 0 Å². The second-order valence-corrected chi connectivity index (χ2v) is 10.9. The van der Waals surface area contributed by atoms with Gasteiger partial charge in [-0.1, -0.05) is 0 Å². The van der Waals surface area contributed by atoms with E-state index in [-0.39, 0.29) is 24.0 Å². The molecule has 38 heavy (non-hydrogen) atoms. The lowest BCUT2D eigenvalue weighted by Gasteiger charge is -2.27. The van der Waals surface area contributed by atoms with Crippen molar-refractivity contribution in [3.8, 4) is 5.75 Å². The zero-order valence-corrected chi connectivity index (χ0v) is 22.2. The fraction of sp³-hybridized carbons (Fsp3) is 0.481. The number of carbonyl (C=O) groups is 2. The Morgan fingerprint density at radius 3 is 2.84 bits per heavy atom. The monoisotopic (exact) mass is 541 g/mol. The highest BCUT2D eigenvalue weighted by atomic mass is 32.1. The fourth-order valence-electron chi connectivity index (χ4n) is 5.04. The van der Waals surface area contributed by atoms with E-state index in [4.69, 9.17) is 4.74 Å². The van der Waals surface area contributed by atoms with Crippen molar-refractivity contribution in [2.45, 2.75) is 64.1 Å². The largest absolute Gasteiger partial charge is 0.488 e. The summed E-state index contributed by atoms with van der Waals surface area (Å²) in [6, 6.07) is 4.31. The molecule has 0 unspecified atom stereocenters. The number of hydrogen-bond acceptors (Lipinski definition) is 8. The minimum absolute atomic E-state index is 0.104. The van der Waals surface area contributed by atoms with Crippen LogP contribution in [-0.2, 0) is 4.79 Å². The maximum absolute atomic E-state index is 14.1. The van der Waals surface area contributed by atoms with Gasteiger partial charge < -0.3 is 25.4 Å². The smallest absolute Gasteiger partial charge is 0.261 e. The van der Waals surface area contributed by atoms with Crippen LogP contribution in [0.15, 0.2) is 24.5 Å². The third-order valence-electron chi connectivity index (χ3n) is 7.13. The Balaban J connectivity index is 1.30. The molecule has 1 aliphatic heterocycles. The van der Waals surface area contributed by atoms with Crippen LogP contribution in [0.1, 0.15) is 60.2 Å². The number of halogens is 1. The number of aliphatic hydroxyl groups excluding tert-OH is 1. The van der Waals surface area contributed by atoms with Crippen molar-refractivity contribution >= 4 is 44.9 Å². The van der Waals surface area contributed by atoms with Gasteiger partial charge in [0.2, 0.25) is 5.91 Å². The highest BCUT2D eigenvalue weighted by Gasteiger charge is 2.24. The quantitative estimate of drug-likeness (QED) is 0.346. The van der Waals surface area contributed by atoms with E-state index < -0.39 is 5.82 Å². The molecule has 2 aliphatic rings. The number of amides is 2. The number of carbonyl (C=O) groups excluding carboxylic acids is 2. The Labute approximate surface area is 224 Å². The molecule has 1 saturated carbocycles. The number of aromatic nitrogens is 2. The van der Waals surface area contributed by atoms with Gasteiger partial charge in [0.25, 0.3) is 5.91 Å². The van der Waals surface area contributed by atoms with Crippen LogP contribution in [0.4, 0.5) is 15.9 Å². The van der Waals surface area contributed by atoms with Gasteiger partial charge in [0.15, 0.2) is 0 Å². The molecule has 2 fully saturated rings. The van der Waals surface area contributed by atoms with E-state index in [1.54, 1.807) is 6.07 Å². The number of aryl methyl sites for hydroxylation is 1. The summed E-state index contributed by atoms with van der Waals surface area (Å²) in [6.07, 6.45) is 5.94. The molecule has 0 atom stereocenters. The first kappa shape index (κ1) is 26.3. The molecular formula is C27H32FN5O4S. The van der Waals surface area contributed by atoms with E-state index in [0.29, 0.717) is 78.6 Å². The maximum Gasteiger partial charge on any atom is 0.261 e. The van der Waals surface area contributed by atoms with Gasteiger partial charge in [-0.3, -0.25) is 9.59 Å². The summed E-state index contributed by atoms with van der Waals surface area (Å²) < 4.78 is 20.2. The molecule has 0 bridgehead atoms. The van der Waals surface area contributed by atoms with E-state index in [0.717, 1.165) is 23.9 Å². The van der Waals surface area contributed by atoms with Crippen LogP contribution < -0.4 is 15.4 Å². The minimum atomic E-state index is -0.408. The summed E-state index contributed by atoms with van der Waals surface area (Å²) >= 11 is 1.29. The summed E-state index contributed by atoms with van der Waals surface area (Å²) in [6.45, 7) is 3.77. The third kappa shape index (κ3) is 5.88. The highest BCUT2D eigenvalue weighted by molar-refractivity contribution is 7.20. The van der Waals surface area contributed by atoms with Gasteiger partial charge in [-0.15, -0.1) is 11.3 Å². The topological polar surface area (TPSA) is 117 Å². The molecule has 1 aliphatic carbocycles. The van der Waals surface area contributed by atoms with Gasteiger partial charge in [-0.25, -0.2) is 14.4 Å². The Morgan fingerprint density at radius 2 is 2.08 bits per heavy atom. The first-order valence-electron chi connectivity index (χ1n) is 13.1. The molecule has 3 aromatic rings. The van der Waals surface area contributed by atoms with Crippen LogP contribution in [0, 0.1) is 12.7 Å². The molecule has 2 amide bonds. The van der Waals surface area contributed by atoms with Gasteiger partial charge in [-0.05, 0) is 63.1 Å². The zero-order valence-electron chi connectivity index (χ0n) is 21.3. The molecule has 0 radical (unpaired) electrons. The summed E-state index contributed by atoms with van der Waals surface area (Å²) in [5.41, 5.74) is 1.32. The molecule has 1 aromatic carbocycles. The molecule has 1 saturated heterocycles. The minimum Gasteiger partial charge on any atom is -0.488 e. The molecule has 3 heterocycles. The number of nitrogens with zero attached hydrogens (tertiary/aromatic N) is 3. The Morgan fingerprint density at radius 1 is 1.26 bits per heavy atom. The van der Waals surface area contributed by atoms with Crippen molar-refractivity contribution in [2.75, 3.05) is 25.0 Å². The van der Waals surface area contributed by atoms with E-state index in [1.165, 1.54) is 29.8 Å². The van der Waals surface area contributed by atoms with Gasteiger partial charge in [0.05, 0.1) is 28.2 Å². The zero-order chi connectivity index (χ0) is 26.6. The first-order valence-corrected chi connectivity index (χ1v) is 13.9. The summed E-state index contributed by atoms with van der Waals surface area (Å²) in [5, 5.41) is 16.7. The standard InChI is InChI=1S/C27H32FN5O4S/c1-16-23-25(32-20-10-5-17(28)14-21(20)37-19-8-6-18(34)7-9-19)30-15-31-27(23)38-24(16)26(36)29-11-3-13-33-12-2-4-22(33)35/h5,10,14-15,18-19,34H,2-4,6-9,11-13H2,1H3,(H,29,36)(H,30,31,32). The number of nitrogens with one attached hydrogen (secondary N) is 2. The van der Waals surface area contributed by atoms with Crippen molar-refractivity contribution in [1.82, 2.24) is 20.2 Å². The number of rotatable bonds is 9. The summed E-state index contributed by atoms with van der Waals surface area (Å²) in [7, 11) is 0. The van der Waals surface area contributed by atoms with Crippen LogP contribution in [-0.4, -0.2) is 63.6 Å².